The molecule has 0 heterocycles. The van der Waals surface area contributed by atoms with Crippen molar-refractivity contribution >= 4 is 39.2 Å². The third kappa shape index (κ3) is 4.85. The second-order valence-electron chi connectivity index (χ2n) is 6.49. The lowest BCUT2D eigenvalue weighted by Gasteiger charge is -2.09. The largest absolute Gasteiger partial charge is 0.370 e. The molecule has 0 unspecified atom stereocenters. The number of amides is 1. The van der Waals surface area contributed by atoms with Crippen LogP contribution in [0.15, 0.2) is 45.9 Å². The summed E-state index contributed by atoms with van der Waals surface area (Å²) >= 11 is 3.41. The van der Waals surface area contributed by atoms with Gasteiger partial charge >= 0.3 is 0 Å². The highest BCUT2D eigenvalue weighted by Gasteiger charge is 2.11. The minimum absolute atomic E-state index is 0.0831. The van der Waals surface area contributed by atoms with Crippen LogP contribution in [-0.4, -0.2) is 18.4 Å². The van der Waals surface area contributed by atoms with Crippen LogP contribution in [0.3, 0.4) is 0 Å². The molecule has 0 saturated carbocycles. The Kier molecular flexibility index (Phi) is 5.93. The highest BCUT2D eigenvalue weighted by atomic mass is 79.9. The zero-order valence-electron chi connectivity index (χ0n) is 14.8. The fraction of sp³-hybridized carbons (Fsp3) is 0.300. The van der Waals surface area contributed by atoms with Gasteiger partial charge in [0, 0.05) is 22.3 Å². The van der Waals surface area contributed by atoms with Gasteiger partial charge in [0.05, 0.1) is 6.54 Å². The van der Waals surface area contributed by atoms with E-state index >= 15 is 0 Å². The van der Waals surface area contributed by atoms with E-state index in [1.807, 2.05) is 31.2 Å². The summed E-state index contributed by atoms with van der Waals surface area (Å²) in [6.45, 7) is 2.29. The van der Waals surface area contributed by atoms with Gasteiger partial charge in [0.15, 0.2) is 5.96 Å². The van der Waals surface area contributed by atoms with Crippen LogP contribution in [0.4, 0.5) is 11.4 Å². The smallest absolute Gasteiger partial charge is 0.226 e. The molecule has 5 nitrogen and oxygen atoms in total. The van der Waals surface area contributed by atoms with Crippen LogP contribution in [0.2, 0.25) is 0 Å². The Morgan fingerprint density at radius 2 is 1.96 bits per heavy atom. The number of anilines is 2. The minimum Gasteiger partial charge on any atom is -0.370 e. The number of nitrogens with two attached hydrogens (primary N) is 1. The molecule has 6 heteroatoms. The van der Waals surface area contributed by atoms with Crippen LogP contribution in [0, 0.1) is 6.92 Å². The van der Waals surface area contributed by atoms with Crippen molar-refractivity contribution in [3.8, 4) is 0 Å². The molecule has 2 aromatic carbocycles. The van der Waals surface area contributed by atoms with Gasteiger partial charge in [-0.25, -0.2) is 0 Å². The maximum absolute atomic E-state index is 12.1. The molecule has 0 saturated heterocycles. The van der Waals surface area contributed by atoms with Crippen molar-refractivity contribution in [2.75, 3.05) is 17.2 Å². The van der Waals surface area contributed by atoms with Gasteiger partial charge in [0.25, 0.3) is 0 Å². The second-order valence-corrected chi connectivity index (χ2v) is 7.40. The lowest BCUT2D eigenvalue weighted by molar-refractivity contribution is -0.116. The highest BCUT2D eigenvalue weighted by Crippen LogP contribution is 2.24. The minimum atomic E-state index is -0.0831. The normalized spacial score (nSPS) is 13.4. The molecule has 1 amide bonds. The molecule has 4 N–H and O–H groups in total. The first-order chi connectivity index (χ1) is 12.5. The summed E-state index contributed by atoms with van der Waals surface area (Å²) < 4.78 is 0.930. The standard InChI is InChI=1S/C20H23BrN4O/c1-13-5-7-16(21)12-18(13)25-19(26)9-10-23-20(22)24-17-8-6-14-3-2-4-15(14)11-17/h5-8,11-12H,2-4,9-10H2,1H3,(H,25,26)(H3,22,23,24). The number of aryl methyl sites for hydroxylation is 3. The number of carbonyl (C=O) groups is 1. The Morgan fingerprint density at radius 1 is 1.15 bits per heavy atom. The van der Waals surface area contributed by atoms with Gasteiger partial charge in [0.2, 0.25) is 5.91 Å². The molecular formula is C20H23BrN4O. The van der Waals surface area contributed by atoms with Crippen molar-refractivity contribution in [2.24, 2.45) is 10.7 Å². The van der Waals surface area contributed by atoms with E-state index in [0.717, 1.165) is 34.3 Å². The number of nitrogens with one attached hydrogen (secondary N) is 2. The summed E-state index contributed by atoms with van der Waals surface area (Å²) in [6, 6.07) is 12.1. The Hall–Kier alpha value is -2.34. The fourth-order valence-corrected chi connectivity index (χ4v) is 3.42. The number of benzene rings is 2. The number of hydrogen-bond acceptors (Lipinski definition) is 2. The predicted octanol–water partition coefficient (Wildman–Crippen LogP) is 4.00. The molecule has 2 aromatic rings. The average molecular weight is 415 g/mol. The van der Waals surface area contributed by atoms with Crippen molar-refractivity contribution in [1.29, 1.82) is 0 Å². The predicted molar refractivity (Wildman–Crippen MR) is 111 cm³/mol. The number of carbonyl (C=O) groups excluding carboxylic acids is 1. The topological polar surface area (TPSA) is 79.5 Å². The molecule has 0 bridgehead atoms. The molecule has 1 aliphatic carbocycles. The molecule has 136 valence electrons. The van der Waals surface area contributed by atoms with Gasteiger partial charge < -0.3 is 16.4 Å². The first-order valence-electron chi connectivity index (χ1n) is 8.76. The van der Waals surface area contributed by atoms with Crippen molar-refractivity contribution < 1.29 is 4.79 Å². The molecule has 0 aliphatic heterocycles. The average Bonchev–Trinajstić information content (AvgIpc) is 3.06. The van der Waals surface area contributed by atoms with Gasteiger partial charge in [0.1, 0.15) is 0 Å². The first-order valence-corrected chi connectivity index (χ1v) is 9.55. The SMILES string of the molecule is Cc1ccc(Br)cc1NC(=O)CCN=C(N)Nc1ccc2c(c1)CCC2. The van der Waals surface area contributed by atoms with E-state index in [1.165, 1.54) is 17.5 Å². The van der Waals surface area contributed by atoms with Crippen LogP contribution in [0.25, 0.3) is 0 Å². The monoisotopic (exact) mass is 414 g/mol. The quantitative estimate of drug-likeness (QED) is 0.510. The van der Waals surface area contributed by atoms with E-state index in [9.17, 15) is 4.79 Å². The Morgan fingerprint density at radius 3 is 2.81 bits per heavy atom. The van der Waals surface area contributed by atoms with Crippen molar-refractivity contribution in [1.82, 2.24) is 0 Å². The summed E-state index contributed by atoms with van der Waals surface area (Å²) in [6.07, 6.45) is 3.77. The molecular weight excluding hydrogens is 392 g/mol. The van der Waals surface area contributed by atoms with E-state index < -0.39 is 0 Å². The molecule has 0 fully saturated rings. The van der Waals surface area contributed by atoms with E-state index in [2.05, 4.69) is 43.7 Å². The molecule has 0 atom stereocenters. The summed E-state index contributed by atoms with van der Waals surface area (Å²) in [5.41, 5.74) is 11.5. The number of nitrogens with zero attached hydrogens (tertiary/aromatic N) is 1. The molecule has 0 radical (unpaired) electrons. The van der Waals surface area contributed by atoms with Gasteiger partial charge in [-0.2, -0.15) is 0 Å². The molecule has 0 aromatic heterocycles. The zero-order valence-corrected chi connectivity index (χ0v) is 16.4. The number of rotatable bonds is 5. The Bertz CT molecular complexity index is 848. The van der Waals surface area contributed by atoms with Gasteiger partial charge in [-0.15, -0.1) is 0 Å². The van der Waals surface area contributed by atoms with Gasteiger partial charge in [-0.05, 0) is 67.1 Å². The summed E-state index contributed by atoms with van der Waals surface area (Å²) in [5.74, 6) is 0.245. The van der Waals surface area contributed by atoms with E-state index in [4.69, 9.17) is 5.73 Å². The van der Waals surface area contributed by atoms with Gasteiger partial charge in [-0.3, -0.25) is 9.79 Å². The molecule has 26 heavy (non-hydrogen) atoms. The third-order valence-corrected chi connectivity index (χ3v) is 4.96. The van der Waals surface area contributed by atoms with Crippen molar-refractivity contribution in [3.05, 3.63) is 57.6 Å². The second kappa shape index (κ2) is 8.36. The number of aliphatic imine (C=N–C) groups is 1. The van der Waals surface area contributed by atoms with Crippen LogP contribution in [-0.2, 0) is 17.6 Å². The van der Waals surface area contributed by atoms with E-state index in [0.29, 0.717) is 12.5 Å². The summed E-state index contributed by atoms with van der Waals surface area (Å²) in [4.78, 5) is 16.3. The van der Waals surface area contributed by atoms with Crippen molar-refractivity contribution in [2.45, 2.75) is 32.6 Å². The molecule has 1 aliphatic rings. The lowest BCUT2D eigenvalue weighted by atomic mass is 10.1. The zero-order chi connectivity index (χ0) is 18.5. The van der Waals surface area contributed by atoms with Crippen LogP contribution >= 0.6 is 15.9 Å². The number of halogens is 1. The fourth-order valence-electron chi connectivity index (χ4n) is 3.06. The summed E-state index contributed by atoms with van der Waals surface area (Å²) in [7, 11) is 0. The van der Waals surface area contributed by atoms with Crippen LogP contribution in [0.5, 0.6) is 0 Å². The molecule has 0 spiro atoms. The van der Waals surface area contributed by atoms with Gasteiger partial charge in [-0.1, -0.05) is 28.1 Å². The van der Waals surface area contributed by atoms with E-state index in [-0.39, 0.29) is 12.3 Å². The maximum atomic E-state index is 12.1. The Labute approximate surface area is 162 Å². The summed E-state index contributed by atoms with van der Waals surface area (Å²) in [5, 5.41) is 6.00. The maximum Gasteiger partial charge on any atom is 0.226 e. The Balaban J connectivity index is 1.49. The van der Waals surface area contributed by atoms with Crippen LogP contribution in [0.1, 0.15) is 29.5 Å². The third-order valence-electron chi connectivity index (χ3n) is 4.47. The van der Waals surface area contributed by atoms with Crippen LogP contribution < -0.4 is 16.4 Å². The highest BCUT2D eigenvalue weighted by molar-refractivity contribution is 9.10. The lowest BCUT2D eigenvalue weighted by Crippen LogP contribution is -2.23. The number of hydrogen-bond donors (Lipinski definition) is 3. The van der Waals surface area contributed by atoms with Crippen molar-refractivity contribution in [3.63, 3.8) is 0 Å². The number of guanidine groups is 1. The molecule has 3 rings (SSSR count). The number of fused-ring (bicyclic) bond motifs is 1. The van der Waals surface area contributed by atoms with E-state index in [1.54, 1.807) is 0 Å². The first kappa shape index (κ1) is 18.5.